The SMILES string of the molecule is Cc1ccc(N(CCOC(C)(C)C)CCc2nn[nH]n2)cc1. The van der Waals surface area contributed by atoms with Gasteiger partial charge in [-0.05, 0) is 39.8 Å². The van der Waals surface area contributed by atoms with Crippen molar-refractivity contribution in [2.45, 2.75) is 39.7 Å². The minimum Gasteiger partial charge on any atom is -0.374 e. The maximum absolute atomic E-state index is 5.85. The molecule has 0 aliphatic heterocycles. The molecule has 0 aliphatic rings. The fourth-order valence-electron chi connectivity index (χ4n) is 2.11. The molecule has 0 atom stereocenters. The molecule has 6 nitrogen and oxygen atoms in total. The number of benzene rings is 1. The van der Waals surface area contributed by atoms with E-state index >= 15 is 0 Å². The molecule has 2 aromatic rings. The first-order valence-corrected chi connectivity index (χ1v) is 7.62. The van der Waals surface area contributed by atoms with Gasteiger partial charge in [0.05, 0.1) is 12.2 Å². The number of anilines is 1. The van der Waals surface area contributed by atoms with E-state index < -0.39 is 0 Å². The molecule has 0 unspecified atom stereocenters. The smallest absolute Gasteiger partial charge is 0.176 e. The summed E-state index contributed by atoms with van der Waals surface area (Å²) < 4.78 is 5.85. The molecule has 0 saturated heterocycles. The lowest BCUT2D eigenvalue weighted by molar-refractivity contribution is 0.00136. The van der Waals surface area contributed by atoms with Crippen molar-refractivity contribution in [2.24, 2.45) is 0 Å². The van der Waals surface area contributed by atoms with Crippen molar-refractivity contribution in [3.8, 4) is 0 Å². The molecule has 6 heteroatoms. The van der Waals surface area contributed by atoms with Crippen molar-refractivity contribution in [1.82, 2.24) is 20.6 Å². The molecular formula is C16H25N5O. The Balaban J connectivity index is 1.98. The molecular weight excluding hydrogens is 278 g/mol. The summed E-state index contributed by atoms with van der Waals surface area (Å²) in [5.74, 6) is 0.730. The Bertz CT molecular complexity index is 545. The first-order valence-electron chi connectivity index (χ1n) is 7.62. The van der Waals surface area contributed by atoms with Crippen LogP contribution in [0.3, 0.4) is 0 Å². The van der Waals surface area contributed by atoms with Gasteiger partial charge in [0, 0.05) is 25.2 Å². The van der Waals surface area contributed by atoms with Crippen LogP contribution in [0.4, 0.5) is 5.69 Å². The van der Waals surface area contributed by atoms with Crippen molar-refractivity contribution >= 4 is 5.69 Å². The molecule has 2 rings (SSSR count). The Labute approximate surface area is 131 Å². The van der Waals surface area contributed by atoms with E-state index in [0.717, 1.165) is 25.3 Å². The van der Waals surface area contributed by atoms with Crippen LogP contribution in [0.5, 0.6) is 0 Å². The highest BCUT2D eigenvalue weighted by molar-refractivity contribution is 5.47. The average Bonchev–Trinajstić information content (AvgIpc) is 2.96. The summed E-state index contributed by atoms with van der Waals surface area (Å²) in [7, 11) is 0. The zero-order valence-electron chi connectivity index (χ0n) is 13.8. The van der Waals surface area contributed by atoms with E-state index in [1.54, 1.807) is 0 Å². The summed E-state index contributed by atoms with van der Waals surface area (Å²) in [6, 6.07) is 8.54. The van der Waals surface area contributed by atoms with Gasteiger partial charge < -0.3 is 9.64 Å². The lowest BCUT2D eigenvalue weighted by Crippen LogP contribution is -2.32. The predicted octanol–water partition coefficient (Wildman–Crippen LogP) is 2.37. The topological polar surface area (TPSA) is 66.9 Å². The lowest BCUT2D eigenvalue weighted by atomic mass is 10.2. The van der Waals surface area contributed by atoms with Gasteiger partial charge in [-0.1, -0.05) is 22.9 Å². The second-order valence-electron chi connectivity index (χ2n) is 6.36. The van der Waals surface area contributed by atoms with E-state index in [-0.39, 0.29) is 5.60 Å². The number of rotatable bonds is 7. The average molecular weight is 303 g/mol. The van der Waals surface area contributed by atoms with E-state index in [1.807, 2.05) is 0 Å². The van der Waals surface area contributed by atoms with Crippen molar-refractivity contribution in [3.05, 3.63) is 35.7 Å². The fraction of sp³-hybridized carbons (Fsp3) is 0.562. The highest BCUT2D eigenvalue weighted by Gasteiger charge is 2.13. The summed E-state index contributed by atoms with van der Waals surface area (Å²) in [6.07, 6.45) is 0.750. The molecule has 1 aromatic heterocycles. The minimum absolute atomic E-state index is 0.118. The van der Waals surface area contributed by atoms with Crippen LogP contribution < -0.4 is 4.90 Å². The Morgan fingerprint density at radius 1 is 1.14 bits per heavy atom. The monoisotopic (exact) mass is 303 g/mol. The van der Waals surface area contributed by atoms with Crippen LogP contribution in [0.25, 0.3) is 0 Å². The molecule has 0 amide bonds. The summed E-state index contributed by atoms with van der Waals surface area (Å²) in [4.78, 5) is 2.29. The van der Waals surface area contributed by atoms with Gasteiger partial charge in [-0.2, -0.15) is 5.21 Å². The number of aromatic amines is 1. The molecule has 0 fully saturated rings. The summed E-state index contributed by atoms with van der Waals surface area (Å²) in [5.41, 5.74) is 2.33. The Hall–Kier alpha value is -1.95. The third kappa shape index (κ3) is 5.44. The molecule has 1 aromatic carbocycles. The summed E-state index contributed by atoms with van der Waals surface area (Å²) >= 11 is 0. The van der Waals surface area contributed by atoms with Crippen LogP contribution in [-0.2, 0) is 11.2 Å². The van der Waals surface area contributed by atoms with Crippen molar-refractivity contribution in [2.75, 3.05) is 24.6 Å². The summed E-state index contributed by atoms with van der Waals surface area (Å²) in [6.45, 7) is 10.7. The number of tetrazole rings is 1. The second-order valence-corrected chi connectivity index (χ2v) is 6.36. The third-order valence-electron chi connectivity index (χ3n) is 3.29. The van der Waals surface area contributed by atoms with Crippen LogP contribution >= 0.6 is 0 Å². The molecule has 0 bridgehead atoms. The highest BCUT2D eigenvalue weighted by atomic mass is 16.5. The van der Waals surface area contributed by atoms with Gasteiger partial charge in [0.2, 0.25) is 0 Å². The van der Waals surface area contributed by atoms with E-state index in [9.17, 15) is 0 Å². The molecule has 0 saturated carbocycles. The number of nitrogens with one attached hydrogen (secondary N) is 1. The maximum atomic E-state index is 5.85. The molecule has 1 N–H and O–H groups in total. The van der Waals surface area contributed by atoms with E-state index in [1.165, 1.54) is 11.3 Å². The predicted molar refractivity (Wildman–Crippen MR) is 87.0 cm³/mol. The van der Waals surface area contributed by atoms with Gasteiger partial charge in [0.15, 0.2) is 5.82 Å². The van der Waals surface area contributed by atoms with Crippen molar-refractivity contribution in [3.63, 3.8) is 0 Å². The van der Waals surface area contributed by atoms with Crippen molar-refractivity contribution in [1.29, 1.82) is 0 Å². The largest absolute Gasteiger partial charge is 0.374 e. The van der Waals surface area contributed by atoms with Gasteiger partial charge in [-0.25, -0.2) is 0 Å². The van der Waals surface area contributed by atoms with E-state index in [2.05, 4.69) is 77.5 Å². The molecule has 22 heavy (non-hydrogen) atoms. The van der Waals surface area contributed by atoms with Gasteiger partial charge >= 0.3 is 0 Å². The van der Waals surface area contributed by atoms with Gasteiger partial charge in [-0.15, -0.1) is 10.2 Å². The van der Waals surface area contributed by atoms with Crippen LogP contribution in [0.15, 0.2) is 24.3 Å². The normalized spacial score (nSPS) is 11.6. The minimum atomic E-state index is -0.118. The fourth-order valence-corrected chi connectivity index (χ4v) is 2.11. The van der Waals surface area contributed by atoms with Crippen LogP contribution in [0.1, 0.15) is 32.2 Å². The van der Waals surface area contributed by atoms with Crippen molar-refractivity contribution < 1.29 is 4.74 Å². The first-order chi connectivity index (χ1) is 10.4. The molecule has 1 heterocycles. The van der Waals surface area contributed by atoms with Crippen LogP contribution in [0, 0.1) is 6.92 Å². The number of aromatic nitrogens is 4. The number of hydrogen-bond acceptors (Lipinski definition) is 5. The standard InChI is InChI=1S/C16H25N5O/c1-13-5-7-14(8-6-13)21(11-12-22-16(2,3)4)10-9-15-17-19-20-18-15/h5-8H,9-12H2,1-4H3,(H,17,18,19,20). The van der Waals surface area contributed by atoms with Crippen LogP contribution in [0.2, 0.25) is 0 Å². The number of H-pyrrole nitrogens is 1. The van der Waals surface area contributed by atoms with E-state index in [4.69, 9.17) is 4.74 Å². The van der Waals surface area contributed by atoms with Gasteiger partial charge in [0.25, 0.3) is 0 Å². The zero-order chi connectivity index (χ0) is 16.0. The van der Waals surface area contributed by atoms with Crippen LogP contribution in [-0.4, -0.2) is 45.9 Å². The first kappa shape index (κ1) is 16.4. The second kappa shape index (κ2) is 7.35. The molecule has 0 spiro atoms. The van der Waals surface area contributed by atoms with Gasteiger partial charge in [-0.3, -0.25) is 0 Å². The maximum Gasteiger partial charge on any atom is 0.176 e. The van der Waals surface area contributed by atoms with Gasteiger partial charge in [0.1, 0.15) is 0 Å². The lowest BCUT2D eigenvalue weighted by Gasteiger charge is -2.27. The molecule has 0 aliphatic carbocycles. The quantitative estimate of drug-likeness (QED) is 0.850. The zero-order valence-corrected chi connectivity index (χ0v) is 13.8. The number of nitrogens with zero attached hydrogens (tertiary/aromatic N) is 4. The number of hydrogen-bond donors (Lipinski definition) is 1. The highest BCUT2D eigenvalue weighted by Crippen LogP contribution is 2.16. The summed E-state index contributed by atoms with van der Waals surface area (Å²) in [5, 5.41) is 14.1. The van der Waals surface area contributed by atoms with E-state index in [0.29, 0.717) is 6.61 Å². The Kier molecular flexibility index (Phi) is 5.49. The Morgan fingerprint density at radius 3 is 2.45 bits per heavy atom. The molecule has 0 radical (unpaired) electrons. The third-order valence-corrected chi connectivity index (χ3v) is 3.29. The molecule has 120 valence electrons. The number of ether oxygens (including phenoxy) is 1. The number of aryl methyl sites for hydroxylation is 1. The Morgan fingerprint density at radius 2 is 1.86 bits per heavy atom.